The van der Waals surface area contributed by atoms with Gasteiger partial charge < -0.3 is 5.11 Å². The molecule has 4 nitrogen and oxygen atoms in total. The molecule has 0 saturated heterocycles. The molecule has 4 heteroatoms. The third-order valence-corrected chi connectivity index (χ3v) is 4.63. The van der Waals surface area contributed by atoms with Crippen LogP contribution in [0.15, 0.2) is 12.1 Å². The van der Waals surface area contributed by atoms with E-state index in [4.69, 9.17) is 5.11 Å². The fourth-order valence-corrected chi connectivity index (χ4v) is 3.10. The average molecular weight is 273 g/mol. The van der Waals surface area contributed by atoms with Gasteiger partial charge in [-0.1, -0.05) is 12.1 Å². The number of fused-ring (bicyclic) bond motifs is 1. The van der Waals surface area contributed by atoms with Gasteiger partial charge in [-0.05, 0) is 49.7 Å². The van der Waals surface area contributed by atoms with Crippen LogP contribution in [-0.2, 0) is 0 Å². The van der Waals surface area contributed by atoms with Gasteiger partial charge in [0.1, 0.15) is 0 Å². The maximum absolute atomic E-state index is 12.5. The number of aryl methyl sites for hydroxylation is 2. The highest BCUT2D eigenvalue weighted by Crippen LogP contribution is 2.50. The van der Waals surface area contributed by atoms with Crippen molar-refractivity contribution in [1.29, 1.82) is 0 Å². The van der Waals surface area contributed by atoms with E-state index in [9.17, 15) is 9.59 Å². The van der Waals surface area contributed by atoms with E-state index in [1.54, 1.807) is 0 Å². The van der Waals surface area contributed by atoms with Crippen LogP contribution >= 0.6 is 0 Å². The normalized spacial score (nSPS) is 19.4. The molecular formula is C16H19NO3. The third kappa shape index (κ3) is 1.86. The van der Waals surface area contributed by atoms with E-state index in [-0.39, 0.29) is 23.8 Å². The molecule has 1 aromatic carbocycles. The molecule has 2 amide bonds. The number of amides is 2. The van der Waals surface area contributed by atoms with E-state index in [1.807, 2.05) is 26.0 Å². The van der Waals surface area contributed by atoms with Crippen LogP contribution in [0, 0.1) is 19.3 Å². The summed E-state index contributed by atoms with van der Waals surface area (Å²) < 4.78 is 0. The lowest BCUT2D eigenvalue weighted by molar-refractivity contribution is 0.0608. The van der Waals surface area contributed by atoms with Gasteiger partial charge in [-0.25, -0.2) is 0 Å². The first-order valence-electron chi connectivity index (χ1n) is 7.06. The van der Waals surface area contributed by atoms with Gasteiger partial charge in [0.25, 0.3) is 11.8 Å². The van der Waals surface area contributed by atoms with Crippen molar-refractivity contribution in [2.75, 3.05) is 13.2 Å². The number of carbonyl (C=O) groups is 2. The number of imide groups is 1. The molecule has 3 rings (SSSR count). The van der Waals surface area contributed by atoms with Gasteiger partial charge >= 0.3 is 0 Å². The van der Waals surface area contributed by atoms with Crippen LogP contribution in [0.5, 0.6) is 0 Å². The van der Waals surface area contributed by atoms with Crippen molar-refractivity contribution in [2.24, 2.45) is 5.41 Å². The zero-order chi connectivity index (χ0) is 14.5. The molecule has 1 heterocycles. The topological polar surface area (TPSA) is 57.6 Å². The van der Waals surface area contributed by atoms with E-state index in [2.05, 4.69) is 0 Å². The SMILES string of the molecule is Cc1ccc(C)c2c1C(=O)N(CC1(CCO)CC1)C2=O. The average Bonchev–Trinajstić information content (AvgIpc) is 3.12. The summed E-state index contributed by atoms with van der Waals surface area (Å²) in [4.78, 5) is 26.4. The molecule has 1 aromatic rings. The number of hydrogen-bond acceptors (Lipinski definition) is 3. The van der Waals surface area contributed by atoms with Crippen LogP contribution < -0.4 is 0 Å². The minimum atomic E-state index is -0.171. The minimum Gasteiger partial charge on any atom is -0.396 e. The molecule has 1 aliphatic carbocycles. The van der Waals surface area contributed by atoms with Crippen molar-refractivity contribution in [2.45, 2.75) is 33.1 Å². The number of aliphatic hydroxyl groups is 1. The smallest absolute Gasteiger partial charge is 0.261 e. The largest absolute Gasteiger partial charge is 0.396 e. The first-order valence-corrected chi connectivity index (χ1v) is 7.06. The Morgan fingerprint density at radius 2 is 1.60 bits per heavy atom. The fourth-order valence-electron chi connectivity index (χ4n) is 3.10. The van der Waals surface area contributed by atoms with Crippen molar-refractivity contribution >= 4 is 11.8 Å². The highest BCUT2D eigenvalue weighted by Gasteiger charge is 2.48. The lowest BCUT2D eigenvalue weighted by atomic mass is 9.99. The molecule has 0 spiro atoms. The Morgan fingerprint density at radius 1 is 1.10 bits per heavy atom. The van der Waals surface area contributed by atoms with Crippen molar-refractivity contribution in [3.05, 3.63) is 34.4 Å². The summed E-state index contributed by atoms with van der Waals surface area (Å²) in [5.74, 6) is -0.342. The van der Waals surface area contributed by atoms with Crippen LogP contribution in [0.2, 0.25) is 0 Å². The van der Waals surface area contributed by atoms with E-state index in [1.165, 1.54) is 4.90 Å². The molecule has 1 aliphatic heterocycles. The Hall–Kier alpha value is -1.68. The number of rotatable bonds is 4. The summed E-state index contributed by atoms with van der Waals surface area (Å²) in [6.45, 7) is 4.29. The number of aliphatic hydroxyl groups excluding tert-OH is 1. The predicted molar refractivity (Wildman–Crippen MR) is 74.7 cm³/mol. The summed E-state index contributed by atoms with van der Waals surface area (Å²) >= 11 is 0. The second kappa shape index (κ2) is 4.42. The molecule has 20 heavy (non-hydrogen) atoms. The zero-order valence-corrected chi connectivity index (χ0v) is 11.9. The molecule has 0 radical (unpaired) electrons. The number of nitrogens with zero attached hydrogens (tertiary/aromatic N) is 1. The van der Waals surface area contributed by atoms with Crippen molar-refractivity contribution in [3.63, 3.8) is 0 Å². The van der Waals surface area contributed by atoms with Crippen molar-refractivity contribution < 1.29 is 14.7 Å². The molecular weight excluding hydrogens is 254 g/mol. The Morgan fingerprint density at radius 3 is 2.00 bits per heavy atom. The first-order chi connectivity index (χ1) is 9.49. The number of carbonyl (C=O) groups excluding carboxylic acids is 2. The summed E-state index contributed by atoms with van der Waals surface area (Å²) in [6.07, 6.45) is 2.64. The molecule has 0 bridgehead atoms. The quantitative estimate of drug-likeness (QED) is 0.854. The molecule has 1 N–H and O–H groups in total. The van der Waals surface area contributed by atoms with Gasteiger partial charge in [0.15, 0.2) is 0 Å². The van der Waals surface area contributed by atoms with Crippen molar-refractivity contribution in [1.82, 2.24) is 4.90 Å². The van der Waals surface area contributed by atoms with E-state index >= 15 is 0 Å². The Bertz CT molecular complexity index is 561. The Labute approximate surface area is 118 Å². The van der Waals surface area contributed by atoms with Gasteiger partial charge in [-0.3, -0.25) is 14.5 Å². The van der Waals surface area contributed by atoms with Crippen LogP contribution in [0.1, 0.15) is 51.1 Å². The standard InChI is InChI=1S/C16H19NO3/c1-10-3-4-11(2)13-12(10)14(19)17(15(13)20)9-16(5-6-16)7-8-18/h3-4,18H,5-9H2,1-2H3. The lowest BCUT2D eigenvalue weighted by Crippen LogP contribution is -2.35. The highest BCUT2D eigenvalue weighted by atomic mass is 16.3. The second-order valence-electron chi connectivity index (χ2n) is 6.12. The lowest BCUT2D eigenvalue weighted by Gasteiger charge is -2.21. The maximum Gasteiger partial charge on any atom is 0.261 e. The van der Waals surface area contributed by atoms with Gasteiger partial charge in [0.05, 0.1) is 11.1 Å². The zero-order valence-electron chi connectivity index (χ0n) is 11.9. The molecule has 2 aliphatic rings. The molecule has 1 fully saturated rings. The van der Waals surface area contributed by atoms with Gasteiger partial charge in [0, 0.05) is 13.2 Å². The van der Waals surface area contributed by atoms with E-state index in [0.717, 1.165) is 24.0 Å². The van der Waals surface area contributed by atoms with Gasteiger partial charge in [-0.15, -0.1) is 0 Å². The molecule has 0 atom stereocenters. The summed E-state index contributed by atoms with van der Waals surface area (Å²) in [6, 6.07) is 3.78. The van der Waals surface area contributed by atoms with Crippen LogP contribution in [0.4, 0.5) is 0 Å². The fraction of sp³-hybridized carbons (Fsp3) is 0.500. The van der Waals surface area contributed by atoms with E-state index < -0.39 is 0 Å². The van der Waals surface area contributed by atoms with Crippen molar-refractivity contribution in [3.8, 4) is 0 Å². The summed E-state index contributed by atoms with van der Waals surface area (Å²) in [5, 5.41) is 9.12. The molecule has 0 unspecified atom stereocenters. The van der Waals surface area contributed by atoms with Gasteiger partial charge in [0.2, 0.25) is 0 Å². The number of benzene rings is 1. The Balaban J connectivity index is 1.94. The summed E-state index contributed by atoms with van der Waals surface area (Å²) in [5.41, 5.74) is 2.81. The summed E-state index contributed by atoms with van der Waals surface area (Å²) in [7, 11) is 0. The first kappa shape index (κ1) is 13.3. The van der Waals surface area contributed by atoms with Crippen LogP contribution in [0.25, 0.3) is 0 Å². The highest BCUT2D eigenvalue weighted by molar-refractivity contribution is 6.22. The van der Waals surface area contributed by atoms with Crippen LogP contribution in [-0.4, -0.2) is 35.0 Å². The predicted octanol–water partition coefficient (Wildman–Crippen LogP) is 2.06. The molecule has 0 aromatic heterocycles. The molecule has 106 valence electrons. The second-order valence-corrected chi connectivity index (χ2v) is 6.12. The third-order valence-electron chi connectivity index (χ3n) is 4.63. The van der Waals surface area contributed by atoms with Gasteiger partial charge in [-0.2, -0.15) is 0 Å². The Kier molecular flexibility index (Phi) is 2.94. The number of hydrogen-bond donors (Lipinski definition) is 1. The maximum atomic E-state index is 12.5. The monoisotopic (exact) mass is 273 g/mol. The minimum absolute atomic E-state index is 0.0378. The molecule has 1 saturated carbocycles. The van der Waals surface area contributed by atoms with E-state index in [0.29, 0.717) is 24.1 Å². The van der Waals surface area contributed by atoms with Crippen LogP contribution in [0.3, 0.4) is 0 Å².